The number of halogens is 1. The summed E-state index contributed by atoms with van der Waals surface area (Å²) in [6.07, 6.45) is 2.85. The number of carbonyl (C=O) groups is 2. The van der Waals surface area contributed by atoms with Crippen LogP contribution in [-0.4, -0.2) is 57.5 Å². The Morgan fingerprint density at radius 3 is 2.41 bits per heavy atom. The predicted molar refractivity (Wildman–Crippen MR) is 130 cm³/mol. The number of hydrogen-bond donors (Lipinski definition) is 1. The highest BCUT2D eigenvalue weighted by atomic mass is 19.1. The molecule has 0 radical (unpaired) electrons. The van der Waals surface area contributed by atoms with Crippen molar-refractivity contribution in [2.45, 2.75) is 71.8 Å². The molecule has 0 bridgehead atoms. The molecule has 184 valence electrons. The van der Waals surface area contributed by atoms with E-state index in [0.29, 0.717) is 37.5 Å². The van der Waals surface area contributed by atoms with Crippen molar-refractivity contribution < 1.29 is 14.0 Å². The third kappa shape index (κ3) is 4.89. The van der Waals surface area contributed by atoms with Crippen LogP contribution in [0.4, 0.5) is 4.39 Å². The van der Waals surface area contributed by atoms with Gasteiger partial charge in [0.1, 0.15) is 11.5 Å². The summed E-state index contributed by atoms with van der Waals surface area (Å²) in [7, 11) is 0. The molecule has 1 N–H and O–H groups in total. The van der Waals surface area contributed by atoms with E-state index in [9.17, 15) is 14.0 Å². The molecule has 0 unspecified atom stereocenters. The summed E-state index contributed by atoms with van der Waals surface area (Å²) in [6.45, 7) is 12.3. The van der Waals surface area contributed by atoms with Gasteiger partial charge in [-0.3, -0.25) is 14.7 Å². The SMILES string of the molecule is CC(C)CN1C(=O)C2(CCN(C(=O)c3cc(C(C)(C)C)[nH]n3)CC2)C[C@H]1Cc1ccc(F)cc1. The first kappa shape index (κ1) is 24.4. The molecule has 2 aliphatic heterocycles. The number of H-pyrrole nitrogens is 1. The monoisotopic (exact) mass is 468 g/mol. The lowest BCUT2D eigenvalue weighted by atomic mass is 9.75. The summed E-state index contributed by atoms with van der Waals surface area (Å²) < 4.78 is 13.4. The van der Waals surface area contributed by atoms with E-state index < -0.39 is 5.41 Å². The topological polar surface area (TPSA) is 69.3 Å². The van der Waals surface area contributed by atoms with Crippen molar-refractivity contribution in [1.82, 2.24) is 20.0 Å². The number of aromatic nitrogens is 2. The molecule has 1 atom stereocenters. The molecule has 1 aromatic heterocycles. The highest BCUT2D eigenvalue weighted by Crippen LogP contribution is 2.45. The number of amides is 2. The summed E-state index contributed by atoms with van der Waals surface area (Å²) >= 11 is 0. The van der Waals surface area contributed by atoms with E-state index in [-0.39, 0.29) is 29.1 Å². The highest BCUT2D eigenvalue weighted by molar-refractivity contribution is 5.93. The maximum Gasteiger partial charge on any atom is 0.274 e. The third-order valence-corrected chi connectivity index (χ3v) is 7.34. The zero-order chi connectivity index (χ0) is 24.7. The van der Waals surface area contributed by atoms with E-state index in [0.717, 1.165) is 30.6 Å². The summed E-state index contributed by atoms with van der Waals surface area (Å²) in [5.74, 6) is 0.266. The van der Waals surface area contributed by atoms with Crippen molar-refractivity contribution in [1.29, 1.82) is 0 Å². The van der Waals surface area contributed by atoms with Gasteiger partial charge in [-0.25, -0.2) is 4.39 Å². The molecule has 0 saturated carbocycles. The van der Waals surface area contributed by atoms with E-state index in [1.54, 1.807) is 0 Å². The van der Waals surface area contributed by atoms with Crippen LogP contribution in [0.2, 0.25) is 0 Å². The fourth-order valence-electron chi connectivity index (χ4n) is 5.35. The fraction of sp³-hybridized carbons (Fsp3) is 0.593. The maximum atomic E-state index is 13.7. The van der Waals surface area contributed by atoms with E-state index >= 15 is 0 Å². The minimum Gasteiger partial charge on any atom is -0.339 e. The highest BCUT2D eigenvalue weighted by Gasteiger charge is 2.52. The van der Waals surface area contributed by atoms with Crippen LogP contribution in [0, 0.1) is 17.2 Å². The molecule has 3 heterocycles. The Kier molecular flexibility index (Phi) is 6.58. The van der Waals surface area contributed by atoms with Gasteiger partial charge in [0.15, 0.2) is 0 Å². The van der Waals surface area contributed by atoms with Crippen molar-refractivity contribution >= 4 is 11.8 Å². The zero-order valence-electron chi connectivity index (χ0n) is 21.0. The first-order valence-electron chi connectivity index (χ1n) is 12.4. The number of likely N-dealkylation sites (tertiary alicyclic amines) is 2. The normalized spacial score (nSPS) is 20.6. The van der Waals surface area contributed by atoms with Gasteiger partial charge in [-0.05, 0) is 55.4 Å². The quantitative estimate of drug-likeness (QED) is 0.699. The lowest BCUT2D eigenvalue weighted by molar-refractivity contribution is -0.139. The first-order chi connectivity index (χ1) is 16.0. The molecule has 2 fully saturated rings. The molecule has 4 rings (SSSR count). The van der Waals surface area contributed by atoms with Crippen LogP contribution in [0.1, 0.15) is 75.6 Å². The summed E-state index contributed by atoms with van der Waals surface area (Å²) in [6, 6.07) is 8.54. The van der Waals surface area contributed by atoms with Crippen LogP contribution in [0.15, 0.2) is 30.3 Å². The summed E-state index contributed by atoms with van der Waals surface area (Å²) in [4.78, 5) is 30.6. The van der Waals surface area contributed by atoms with Gasteiger partial charge in [0.25, 0.3) is 5.91 Å². The maximum absolute atomic E-state index is 13.7. The molecule has 34 heavy (non-hydrogen) atoms. The Bertz CT molecular complexity index is 1030. The molecular weight excluding hydrogens is 431 g/mol. The first-order valence-corrected chi connectivity index (χ1v) is 12.4. The van der Waals surface area contributed by atoms with E-state index in [1.807, 2.05) is 23.1 Å². The minimum atomic E-state index is -0.418. The molecule has 7 heteroatoms. The number of piperidine rings is 1. The number of nitrogens with zero attached hydrogens (tertiary/aromatic N) is 3. The lowest BCUT2D eigenvalue weighted by Gasteiger charge is -2.37. The molecule has 2 aliphatic rings. The van der Waals surface area contributed by atoms with Gasteiger partial charge < -0.3 is 9.80 Å². The van der Waals surface area contributed by atoms with Crippen molar-refractivity contribution in [3.63, 3.8) is 0 Å². The number of hydrogen-bond acceptors (Lipinski definition) is 3. The van der Waals surface area contributed by atoms with Crippen LogP contribution in [0.5, 0.6) is 0 Å². The molecule has 2 aromatic rings. The van der Waals surface area contributed by atoms with E-state index in [2.05, 4.69) is 49.7 Å². The van der Waals surface area contributed by atoms with Gasteiger partial charge in [-0.15, -0.1) is 0 Å². The zero-order valence-corrected chi connectivity index (χ0v) is 21.0. The third-order valence-electron chi connectivity index (χ3n) is 7.34. The van der Waals surface area contributed by atoms with Crippen molar-refractivity contribution in [2.75, 3.05) is 19.6 Å². The van der Waals surface area contributed by atoms with Crippen LogP contribution in [-0.2, 0) is 16.6 Å². The summed E-state index contributed by atoms with van der Waals surface area (Å²) in [5, 5.41) is 7.25. The molecule has 1 spiro atoms. The van der Waals surface area contributed by atoms with Gasteiger partial charge in [-0.2, -0.15) is 5.10 Å². The van der Waals surface area contributed by atoms with Crippen LogP contribution in [0.3, 0.4) is 0 Å². The van der Waals surface area contributed by atoms with Gasteiger partial charge >= 0.3 is 0 Å². The number of rotatable bonds is 5. The van der Waals surface area contributed by atoms with Gasteiger partial charge in [0, 0.05) is 36.8 Å². The molecule has 1 aromatic carbocycles. The summed E-state index contributed by atoms with van der Waals surface area (Å²) in [5.41, 5.74) is 1.90. The van der Waals surface area contributed by atoms with Gasteiger partial charge in [0.2, 0.25) is 5.91 Å². The smallest absolute Gasteiger partial charge is 0.274 e. The average molecular weight is 469 g/mol. The van der Waals surface area contributed by atoms with Crippen molar-refractivity contribution in [3.05, 3.63) is 53.1 Å². The Balaban J connectivity index is 1.46. The van der Waals surface area contributed by atoms with E-state index in [1.165, 1.54) is 12.1 Å². The van der Waals surface area contributed by atoms with Crippen LogP contribution < -0.4 is 0 Å². The number of carbonyl (C=O) groups excluding carboxylic acids is 2. The number of aromatic amines is 1. The fourth-order valence-corrected chi connectivity index (χ4v) is 5.35. The minimum absolute atomic E-state index is 0.0751. The standard InChI is InChI=1S/C27H37FN4O2/c1-18(2)17-32-21(14-19-6-8-20(28)9-7-19)16-27(25(32)34)10-12-31(13-11-27)24(33)22-15-23(30-29-22)26(3,4)5/h6-9,15,18,21H,10-14,16-17H2,1-5H3,(H,29,30)/t21-/m1/s1. The van der Waals surface area contributed by atoms with Gasteiger partial charge in [-0.1, -0.05) is 46.8 Å². The Morgan fingerprint density at radius 1 is 1.21 bits per heavy atom. The van der Waals surface area contributed by atoms with Crippen LogP contribution in [0.25, 0.3) is 0 Å². The molecule has 2 amide bonds. The number of nitrogens with one attached hydrogen (secondary N) is 1. The molecular formula is C27H37FN4O2. The van der Waals surface area contributed by atoms with Crippen molar-refractivity contribution in [3.8, 4) is 0 Å². The second-order valence-corrected chi connectivity index (χ2v) is 11.5. The second kappa shape index (κ2) is 9.16. The molecule has 0 aliphatic carbocycles. The molecule has 6 nitrogen and oxygen atoms in total. The lowest BCUT2D eigenvalue weighted by Crippen LogP contribution is -2.47. The number of benzene rings is 1. The van der Waals surface area contributed by atoms with Gasteiger partial charge in [0.05, 0.1) is 5.41 Å². The Hall–Kier alpha value is -2.70. The molecule has 2 saturated heterocycles. The predicted octanol–water partition coefficient (Wildman–Crippen LogP) is 4.57. The Labute approximate surface area is 201 Å². The average Bonchev–Trinajstić information content (AvgIpc) is 3.36. The second-order valence-electron chi connectivity index (χ2n) is 11.5. The van der Waals surface area contributed by atoms with Crippen molar-refractivity contribution in [2.24, 2.45) is 11.3 Å². The van der Waals surface area contributed by atoms with E-state index in [4.69, 9.17) is 0 Å². The Morgan fingerprint density at radius 2 is 1.85 bits per heavy atom. The largest absolute Gasteiger partial charge is 0.339 e. The van der Waals surface area contributed by atoms with Crippen LogP contribution >= 0.6 is 0 Å².